The average Bonchev–Trinajstić information content (AvgIpc) is 3.42. The van der Waals surface area contributed by atoms with Gasteiger partial charge < -0.3 is 4.90 Å². The highest BCUT2D eigenvalue weighted by Gasteiger charge is 2.27. The van der Waals surface area contributed by atoms with E-state index in [2.05, 4.69) is 36.1 Å². The largest absolute Gasteiger partial charge is 0.335 e. The van der Waals surface area contributed by atoms with Crippen molar-refractivity contribution in [1.82, 2.24) is 19.8 Å². The molecule has 160 valence electrons. The first-order chi connectivity index (χ1) is 15.1. The molecule has 0 saturated carbocycles. The second kappa shape index (κ2) is 8.65. The normalized spacial score (nSPS) is 16.7. The molecule has 1 aliphatic rings. The zero-order valence-corrected chi connectivity index (χ0v) is 19.5. The van der Waals surface area contributed by atoms with Gasteiger partial charge in [0.2, 0.25) is 5.91 Å². The fourth-order valence-corrected chi connectivity index (χ4v) is 6.36. The van der Waals surface area contributed by atoms with Crippen molar-refractivity contribution in [1.29, 1.82) is 0 Å². The maximum atomic E-state index is 13.0. The summed E-state index contributed by atoms with van der Waals surface area (Å²) in [6.45, 7) is 4.42. The molecule has 1 fully saturated rings. The number of benzene rings is 2. The molecule has 0 spiro atoms. The van der Waals surface area contributed by atoms with Crippen LogP contribution in [0.2, 0.25) is 0 Å². The monoisotopic (exact) mass is 450 g/mol. The van der Waals surface area contributed by atoms with Crippen LogP contribution in [-0.2, 0) is 4.79 Å². The summed E-state index contributed by atoms with van der Waals surface area (Å²) in [5.41, 5.74) is 2.11. The fourth-order valence-electron chi connectivity index (χ4n) is 4.16. The van der Waals surface area contributed by atoms with Gasteiger partial charge in [0.1, 0.15) is 5.01 Å². The smallest absolute Gasteiger partial charge is 0.237 e. The molecule has 4 aromatic rings. The molecule has 0 bridgehead atoms. The maximum Gasteiger partial charge on any atom is 0.237 e. The predicted octanol–water partition coefficient (Wildman–Crippen LogP) is 5.31. The van der Waals surface area contributed by atoms with E-state index in [-0.39, 0.29) is 11.9 Å². The molecule has 5 nitrogen and oxygen atoms in total. The lowest BCUT2D eigenvalue weighted by atomic mass is 9.97. The highest BCUT2D eigenvalue weighted by Crippen LogP contribution is 2.34. The number of carbonyl (C=O) groups is 1. The standard InChI is InChI=1S/C24H26N4OS2/c1-16(23-25-18-7-3-5-9-20(18)30-23)27(2)22(29)15-28-13-11-17(12-14-28)24-26-19-8-4-6-10-21(19)31-24/h3-10,16-17H,11-15H2,1-2H3/t16-/m0/s1. The van der Waals surface area contributed by atoms with Crippen LogP contribution in [0.3, 0.4) is 0 Å². The van der Waals surface area contributed by atoms with Gasteiger partial charge in [-0.15, -0.1) is 22.7 Å². The Morgan fingerprint density at radius 1 is 1.03 bits per heavy atom. The number of rotatable bonds is 5. The lowest BCUT2D eigenvalue weighted by Gasteiger charge is -2.32. The molecule has 0 aliphatic carbocycles. The third-order valence-electron chi connectivity index (χ3n) is 6.25. The van der Waals surface area contributed by atoms with Crippen LogP contribution in [0.5, 0.6) is 0 Å². The van der Waals surface area contributed by atoms with Gasteiger partial charge in [0, 0.05) is 13.0 Å². The number of carbonyl (C=O) groups excluding carboxylic acids is 1. The molecule has 0 unspecified atom stereocenters. The van der Waals surface area contributed by atoms with Gasteiger partial charge in [0.05, 0.1) is 38.0 Å². The van der Waals surface area contributed by atoms with Crippen molar-refractivity contribution < 1.29 is 4.79 Å². The van der Waals surface area contributed by atoms with Crippen molar-refractivity contribution in [2.75, 3.05) is 26.7 Å². The van der Waals surface area contributed by atoms with E-state index in [1.54, 1.807) is 11.3 Å². The third-order valence-corrected chi connectivity index (χ3v) is 8.65. The lowest BCUT2D eigenvalue weighted by molar-refractivity contribution is -0.133. The predicted molar refractivity (Wildman–Crippen MR) is 129 cm³/mol. The van der Waals surface area contributed by atoms with Crippen molar-refractivity contribution in [2.45, 2.75) is 31.7 Å². The highest BCUT2D eigenvalue weighted by molar-refractivity contribution is 7.19. The van der Waals surface area contributed by atoms with Crippen LogP contribution in [0.4, 0.5) is 0 Å². The summed E-state index contributed by atoms with van der Waals surface area (Å²) in [7, 11) is 1.90. The fraction of sp³-hybridized carbons (Fsp3) is 0.375. The van der Waals surface area contributed by atoms with E-state index >= 15 is 0 Å². The van der Waals surface area contributed by atoms with E-state index in [0.717, 1.165) is 42.0 Å². The molecule has 2 aromatic carbocycles. The Balaban J connectivity index is 1.18. The maximum absolute atomic E-state index is 13.0. The number of amides is 1. The zero-order chi connectivity index (χ0) is 21.4. The molecule has 1 saturated heterocycles. The van der Waals surface area contributed by atoms with E-state index in [1.165, 1.54) is 14.4 Å². The molecular formula is C24H26N4OS2. The van der Waals surface area contributed by atoms with Crippen molar-refractivity contribution in [3.8, 4) is 0 Å². The Labute approximate surface area is 190 Å². The number of nitrogens with zero attached hydrogens (tertiary/aromatic N) is 4. The van der Waals surface area contributed by atoms with Gasteiger partial charge in [-0.1, -0.05) is 24.3 Å². The first-order valence-electron chi connectivity index (χ1n) is 10.8. The molecule has 0 N–H and O–H groups in total. The number of likely N-dealkylation sites (tertiary alicyclic amines) is 1. The van der Waals surface area contributed by atoms with E-state index < -0.39 is 0 Å². The number of piperidine rings is 1. The Kier molecular flexibility index (Phi) is 5.73. The van der Waals surface area contributed by atoms with Gasteiger partial charge in [-0.05, 0) is 57.1 Å². The summed E-state index contributed by atoms with van der Waals surface area (Å²) in [5.74, 6) is 0.661. The minimum absolute atomic E-state index is 0.0230. The van der Waals surface area contributed by atoms with Crippen LogP contribution in [0.15, 0.2) is 48.5 Å². The van der Waals surface area contributed by atoms with Gasteiger partial charge in [-0.3, -0.25) is 9.69 Å². The number of hydrogen-bond acceptors (Lipinski definition) is 6. The Morgan fingerprint density at radius 3 is 2.29 bits per heavy atom. The number of aromatic nitrogens is 2. The van der Waals surface area contributed by atoms with Crippen LogP contribution in [-0.4, -0.2) is 52.4 Å². The van der Waals surface area contributed by atoms with E-state index in [4.69, 9.17) is 9.97 Å². The van der Waals surface area contributed by atoms with Crippen LogP contribution >= 0.6 is 22.7 Å². The van der Waals surface area contributed by atoms with Gasteiger partial charge in [0.15, 0.2) is 0 Å². The molecule has 31 heavy (non-hydrogen) atoms. The molecule has 5 rings (SSSR count). The third kappa shape index (κ3) is 4.22. The van der Waals surface area contributed by atoms with E-state index in [9.17, 15) is 4.79 Å². The molecular weight excluding hydrogens is 424 g/mol. The minimum atomic E-state index is -0.0230. The Bertz CT molecular complexity index is 1140. The van der Waals surface area contributed by atoms with Crippen molar-refractivity contribution >= 4 is 49.0 Å². The zero-order valence-electron chi connectivity index (χ0n) is 17.8. The van der Waals surface area contributed by atoms with E-state index in [1.807, 2.05) is 47.5 Å². The van der Waals surface area contributed by atoms with Crippen molar-refractivity contribution in [3.63, 3.8) is 0 Å². The second-order valence-electron chi connectivity index (χ2n) is 8.27. The first-order valence-corrected chi connectivity index (χ1v) is 12.4. The van der Waals surface area contributed by atoms with Crippen molar-refractivity contribution in [3.05, 3.63) is 58.5 Å². The quantitative estimate of drug-likeness (QED) is 0.414. The molecule has 3 heterocycles. The van der Waals surface area contributed by atoms with Gasteiger partial charge in [-0.25, -0.2) is 9.97 Å². The number of para-hydroxylation sites is 2. The number of thiazole rings is 2. The second-order valence-corrected chi connectivity index (χ2v) is 10.4. The van der Waals surface area contributed by atoms with Crippen molar-refractivity contribution in [2.24, 2.45) is 0 Å². The lowest BCUT2D eigenvalue weighted by Crippen LogP contribution is -2.42. The Morgan fingerprint density at radius 2 is 1.65 bits per heavy atom. The van der Waals surface area contributed by atoms with Gasteiger partial charge in [-0.2, -0.15) is 0 Å². The SMILES string of the molecule is C[C@@H](c1nc2ccccc2s1)N(C)C(=O)CN1CCC(c2nc3ccccc3s2)CC1. The van der Waals surface area contributed by atoms with Crippen LogP contribution in [0.1, 0.15) is 41.7 Å². The molecule has 0 radical (unpaired) electrons. The average molecular weight is 451 g/mol. The molecule has 1 aliphatic heterocycles. The minimum Gasteiger partial charge on any atom is -0.335 e. The first kappa shape index (κ1) is 20.5. The number of fused-ring (bicyclic) bond motifs is 2. The summed E-state index contributed by atoms with van der Waals surface area (Å²) < 4.78 is 2.43. The summed E-state index contributed by atoms with van der Waals surface area (Å²) in [6.07, 6.45) is 2.12. The highest BCUT2D eigenvalue weighted by atomic mass is 32.1. The summed E-state index contributed by atoms with van der Waals surface area (Å²) in [4.78, 5) is 26.7. The summed E-state index contributed by atoms with van der Waals surface area (Å²) >= 11 is 3.49. The molecule has 7 heteroatoms. The summed E-state index contributed by atoms with van der Waals surface area (Å²) in [5, 5.41) is 2.24. The molecule has 2 aromatic heterocycles. The van der Waals surface area contributed by atoms with Crippen LogP contribution < -0.4 is 0 Å². The number of likely N-dealkylation sites (N-methyl/N-ethyl adjacent to an activating group) is 1. The summed E-state index contributed by atoms with van der Waals surface area (Å²) in [6, 6.07) is 16.5. The van der Waals surface area contributed by atoms with Gasteiger partial charge >= 0.3 is 0 Å². The number of hydrogen-bond donors (Lipinski definition) is 0. The van der Waals surface area contributed by atoms with E-state index in [0.29, 0.717) is 12.5 Å². The topological polar surface area (TPSA) is 49.3 Å². The molecule has 1 amide bonds. The molecule has 1 atom stereocenters. The van der Waals surface area contributed by atoms with Gasteiger partial charge in [0.25, 0.3) is 0 Å². The Hall–Kier alpha value is -2.35. The van der Waals surface area contributed by atoms with Crippen LogP contribution in [0.25, 0.3) is 20.4 Å². The van der Waals surface area contributed by atoms with Crippen LogP contribution in [0, 0.1) is 0 Å².